The summed E-state index contributed by atoms with van der Waals surface area (Å²) in [6, 6.07) is 5.15. The van der Waals surface area contributed by atoms with Crippen molar-refractivity contribution in [1.82, 2.24) is 9.21 Å². The van der Waals surface area contributed by atoms with Crippen LogP contribution in [0.25, 0.3) is 0 Å². The Kier molecular flexibility index (Phi) is 5.87. The Morgan fingerprint density at radius 1 is 0.923 bits per heavy atom. The van der Waals surface area contributed by atoms with Crippen molar-refractivity contribution < 1.29 is 13.2 Å². The molecule has 2 aliphatic heterocycles. The van der Waals surface area contributed by atoms with E-state index in [0.29, 0.717) is 18.7 Å². The minimum absolute atomic E-state index is 0.176. The van der Waals surface area contributed by atoms with Crippen molar-refractivity contribution in [3.8, 4) is 0 Å². The lowest BCUT2D eigenvalue weighted by Crippen LogP contribution is -2.38. The van der Waals surface area contributed by atoms with Crippen molar-refractivity contribution in [2.45, 2.75) is 43.4 Å². The summed E-state index contributed by atoms with van der Waals surface area (Å²) in [5, 5.41) is 0. The average molecular weight is 380 g/mol. The van der Waals surface area contributed by atoms with Gasteiger partial charge >= 0.3 is 0 Å². The van der Waals surface area contributed by atoms with Crippen molar-refractivity contribution >= 4 is 21.6 Å². The number of sulfonamides is 1. The summed E-state index contributed by atoms with van der Waals surface area (Å²) in [5.74, 6) is -0.176. The molecule has 0 bridgehead atoms. The average Bonchev–Trinajstić information content (AvgIpc) is 2.68. The van der Waals surface area contributed by atoms with Gasteiger partial charge in [0.2, 0.25) is 10.0 Å². The Morgan fingerprint density at radius 2 is 1.50 bits per heavy atom. The van der Waals surface area contributed by atoms with Crippen molar-refractivity contribution in [2.75, 3.05) is 45.2 Å². The van der Waals surface area contributed by atoms with Gasteiger partial charge in [0, 0.05) is 45.8 Å². The quantitative estimate of drug-likeness (QED) is 0.807. The first-order valence-electron chi connectivity index (χ1n) is 9.52. The van der Waals surface area contributed by atoms with Crippen LogP contribution in [0.1, 0.15) is 48.9 Å². The van der Waals surface area contributed by atoms with Crippen molar-refractivity contribution in [1.29, 1.82) is 0 Å². The zero-order valence-corrected chi connectivity index (χ0v) is 16.6. The van der Waals surface area contributed by atoms with E-state index in [4.69, 9.17) is 0 Å². The number of carbonyl (C=O) groups is 1. The number of carbonyl (C=O) groups excluding carboxylic acids is 1. The number of piperidine rings is 2. The van der Waals surface area contributed by atoms with Gasteiger partial charge in [-0.1, -0.05) is 6.42 Å². The highest BCUT2D eigenvalue weighted by atomic mass is 32.2. The van der Waals surface area contributed by atoms with E-state index in [1.807, 2.05) is 6.07 Å². The van der Waals surface area contributed by atoms with Crippen LogP contribution in [0.4, 0.5) is 5.69 Å². The van der Waals surface area contributed by atoms with E-state index in [0.717, 1.165) is 50.9 Å². The minimum Gasteiger partial charge on any atom is -0.370 e. The summed E-state index contributed by atoms with van der Waals surface area (Å²) in [7, 11) is -0.242. The van der Waals surface area contributed by atoms with Gasteiger partial charge in [0.15, 0.2) is 0 Å². The van der Waals surface area contributed by atoms with E-state index in [2.05, 4.69) is 4.90 Å². The Hall–Kier alpha value is -1.60. The second kappa shape index (κ2) is 7.96. The van der Waals surface area contributed by atoms with Crippen molar-refractivity contribution in [2.24, 2.45) is 0 Å². The molecule has 0 N–H and O–H groups in total. The standard InChI is InChI=1S/C19H29N3O3S/c1-20(2)19(23)16-9-10-17(21-11-5-3-6-12-21)18(15-16)26(24,25)22-13-7-4-8-14-22/h9-10,15H,3-8,11-14H2,1-2H3. The highest BCUT2D eigenvalue weighted by molar-refractivity contribution is 7.89. The smallest absolute Gasteiger partial charge is 0.253 e. The Balaban J connectivity index is 2.05. The molecule has 1 aromatic carbocycles. The van der Waals surface area contributed by atoms with E-state index >= 15 is 0 Å². The third-order valence-corrected chi connectivity index (χ3v) is 7.17. The highest BCUT2D eigenvalue weighted by Gasteiger charge is 2.31. The van der Waals surface area contributed by atoms with Gasteiger partial charge in [0.1, 0.15) is 4.90 Å². The maximum atomic E-state index is 13.4. The van der Waals surface area contributed by atoms with E-state index < -0.39 is 10.0 Å². The predicted octanol–water partition coefficient (Wildman–Crippen LogP) is 2.55. The molecule has 0 unspecified atom stereocenters. The van der Waals surface area contributed by atoms with Crippen molar-refractivity contribution in [3.63, 3.8) is 0 Å². The summed E-state index contributed by atoms with van der Waals surface area (Å²) in [6.45, 7) is 2.86. The van der Waals surface area contributed by atoms with E-state index in [1.165, 1.54) is 11.3 Å². The van der Waals surface area contributed by atoms with Crippen LogP contribution >= 0.6 is 0 Å². The van der Waals surface area contributed by atoms with Gasteiger partial charge in [-0.3, -0.25) is 4.79 Å². The van der Waals surface area contributed by atoms with Crippen LogP contribution in [0.3, 0.4) is 0 Å². The van der Waals surface area contributed by atoms with Crippen LogP contribution in [0.2, 0.25) is 0 Å². The molecule has 0 spiro atoms. The molecule has 144 valence electrons. The third-order valence-electron chi connectivity index (χ3n) is 5.24. The number of nitrogens with zero attached hydrogens (tertiary/aromatic N) is 3. The topological polar surface area (TPSA) is 60.9 Å². The molecule has 2 fully saturated rings. The summed E-state index contributed by atoms with van der Waals surface area (Å²) in [5.41, 5.74) is 1.16. The molecule has 6 nitrogen and oxygen atoms in total. The summed E-state index contributed by atoms with van der Waals surface area (Å²) >= 11 is 0. The first-order chi connectivity index (χ1) is 12.4. The monoisotopic (exact) mass is 379 g/mol. The molecule has 0 aliphatic carbocycles. The molecule has 7 heteroatoms. The predicted molar refractivity (Wildman–Crippen MR) is 103 cm³/mol. The molecule has 2 saturated heterocycles. The number of amides is 1. The van der Waals surface area contributed by atoms with Gasteiger partial charge in [0.05, 0.1) is 5.69 Å². The fraction of sp³-hybridized carbons (Fsp3) is 0.632. The third kappa shape index (κ3) is 3.88. The molecule has 2 aliphatic rings. The number of hydrogen-bond donors (Lipinski definition) is 0. The molecule has 2 heterocycles. The zero-order chi connectivity index (χ0) is 18.7. The number of benzene rings is 1. The highest BCUT2D eigenvalue weighted by Crippen LogP contribution is 2.32. The number of rotatable bonds is 4. The first kappa shape index (κ1) is 19.2. The van der Waals surface area contributed by atoms with Crippen LogP contribution in [-0.4, -0.2) is 63.8 Å². The number of anilines is 1. The molecule has 3 rings (SSSR count). The van der Waals surface area contributed by atoms with Crippen LogP contribution < -0.4 is 4.90 Å². The van der Waals surface area contributed by atoms with Gasteiger partial charge in [-0.05, 0) is 50.3 Å². The van der Waals surface area contributed by atoms with Gasteiger partial charge < -0.3 is 9.80 Å². The lowest BCUT2D eigenvalue weighted by atomic mass is 10.1. The Morgan fingerprint density at radius 3 is 2.08 bits per heavy atom. The molecule has 1 amide bonds. The van der Waals surface area contributed by atoms with Crippen LogP contribution in [-0.2, 0) is 10.0 Å². The zero-order valence-electron chi connectivity index (χ0n) is 15.8. The number of hydrogen-bond acceptors (Lipinski definition) is 4. The lowest BCUT2D eigenvalue weighted by molar-refractivity contribution is 0.0827. The summed E-state index contributed by atoms with van der Waals surface area (Å²) in [4.78, 5) is 16.3. The molecule has 0 radical (unpaired) electrons. The normalized spacial score (nSPS) is 19.4. The fourth-order valence-corrected chi connectivity index (χ4v) is 5.51. The maximum absolute atomic E-state index is 13.4. The van der Waals surface area contributed by atoms with Gasteiger partial charge in [-0.15, -0.1) is 0 Å². The Bertz CT molecular complexity index is 749. The second-order valence-electron chi connectivity index (χ2n) is 7.39. The van der Waals surface area contributed by atoms with Crippen LogP contribution in [0.15, 0.2) is 23.1 Å². The van der Waals surface area contributed by atoms with E-state index in [-0.39, 0.29) is 10.8 Å². The SMILES string of the molecule is CN(C)C(=O)c1ccc(N2CCCCC2)c(S(=O)(=O)N2CCCCC2)c1. The van der Waals surface area contributed by atoms with Gasteiger partial charge in [-0.25, -0.2) is 8.42 Å². The molecular formula is C19H29N3O3S. The fourth-order valence-electron chi connectivity index (χ4n) is 3.75. The van der Waals surface area contributed by atoms with E-state index in [9.17, 15) is 13.2 Å². The maximum Gasteiger partial charge on any atom is 0.253 e. The molecular weight excluding hydrogens is 350 g/mol. The molecule has 26 heavy (non-hydrogen) atoms. The van der Waals surface area contributed by atoms with E-state index in [1.54, 1.807) is 30.5 Å². The Labute approximate surface area is 156 Å². The lowest BCUT2D eigenvalue weighted by Gasteiger charge is -2.33. The van der Waals surface area contributed by atoms with Gasteiger partial charge in [0.25, 0.3) is 5.91 Å². The summed E-state index contributed by atoms with van der Waals surface area (Å²) < 4.78 is 28.3. The summed E-state index contributed by atoms with van der Waals surface area (Å²) in [6.07, 6.45) is 6.19. The molecule has 0 aromatic heterocycles. The largest absolute Gasteiger partial charge is 0.370 e. The van der Waals surface area contributed by atoms with Crippen molar-refractivity contribution in [3.05, 3.63) is 23.8 Å². The first-order valence-corrected chi connectivity index (χ1v) is 11.0. The minimum atomic E-state index is -3.60. The van der Waals surface area contributed by atoms with Crippen LogP contribution in [0.5, 0.6) is 0 Å². The van der Waals surface area contributed by atoms with Crippen LogP contribution in [0, 0.1) is 0 Å². The second-order valence-corrected chi connectivity index (χ2v) is 9.30. The molecule has 0 saturated carbocycles. The van der Waals surface area contributed by atoms with Gasteiger partial charge in [-0.2, -0.15) is 4.31 Å². The molecule has 1 aromatic rings. The molecule has 0 atom stereocenters.